The van der Waals surface area contributed by atoms with Crippen LogP contribution in [0.1, 0.15) is 11.3 Å². The molecule has 0 saturated carbocycles. The van der Waals surface area contributed by atoms with Crippen molar-refractivity contribution >= 4 is 28.6 Å². The van der Waals surface area contributed by atoms with Gasteiger partial charge in [-0.15, -0.1) is 13.2 Å². The van der Waals surface area contributed by atoms with E-state index in [4.69, 9.17) is 5.11 Å². The molecule has 20 heavy (non-hydrogen) atoms. The average Bonchev–Trinajstić information content (AvgIpc) is 2.16. The molecule has 0 aliphatic rings. The minimum absolute atomic E-state index is 0.414. The van der Waals surface area contributed by atoms with Gasteiger partial charge in [-0.25, -0.2) is 4.98 Å². The summed E-state index contributed by atoms with van der Waals surface area (Å²) in [6, 6.07) is 0.585. The number of nitrogens with zero attached hydrogens (tertiary/aromatic N) is 1. The molecule has 1 aromatic rings. The molecule has 0 aliphatic heterocycles. The van der Waals surface area contributed by atoms with Gasteiger partial charge in [0.05, 0.1) is 6.42 Å². The van der Waals surface area contributed by atoms with Gasteiger partial charge in [0.25, 0.3) is 0 Å². The van der Waals surface area contributed by atoms with Crippen molar-refractivity contribution in [3.05, 3.63) is 21.0 Å². The molecule has 0 amide bonds. The van der Waals surface area contributed by atoms with Gasteiger partial charge >= 0.3 is 18.5 Å². The van der Waals surface area contributed by atoms with Crippen molar-refractivity contribution in [3.8, 4) is 5.75 Å². The van der Waals surface area contributed by atoms with E-state index in [1.807, 2.05) is 0 Å². The zero-order valence-corrected chi connectivity index (χ0v) is 11.3. The maximum atomic E-state index is 12.7. The van der Waals surface area contributed by atoms with Crippen LogP contribution in [-0.2, 0) is 17.4 Å². The van der Waals surface area contributed by atoms with Crippen LogP contribution in [0.25, 0.3) is 0 Å². The van der Waals surface area contributed by atoms with Crippen molar-refractivity contribution in [2.24, 2.45) is 0 Å². The average molecular weight is 415 g/mol. The van der Waals surface area contributed by atoms with Crippen LogP contribution in [0.2, 0.25) is 0 Å². The first-order valence-corrected chi connectivity index (χ1v) is 5.72. The lowest BCUT2D eigenvalue weighted by Crippen LogP contribution is -2.22. The van der Waals surface area contributed by atoms with Gasteiger partial charge in [-0.1, -0.05) is 0 Å². The van der Waals surface area contributed by atoms with E-state index in [1.54, 1.807) is 0 Å². The molecule has 0 spiro atoms. The van der Waals surface area contributed by atoms with Crippen molar-refractivity contribution in [2.75, 3.05) is 0 Å². The van der Waals surface area contributed by atoms with Crippen molar-refractivity contribution in [1.82, 2.24) is 4.98 Å². The molecule has 11 heteroatoms. The Balaban J connectivity index is 3.48. The summed E-state index contributed by atoms with van der Waals surface area (Å²) in [5.74, 6) is -2.97. The van der Waals surface area contributed by atoms with E-state index in [0.717, 1.165) is 0 Å². The van der Waals surface area contributed by atoms with Crippen LogP contribution in [0, 0.1) is 3.70 Å². The first kappa shape index (κ1) is 16.8. The Labute approximate surface area is 120 Å². The number of halogens is 7. The Morgan fingerprint density at radius 3 is 2.25 bits per heavy atom. The van der Waals surface area contributed by atoms with E-state index in [0.29, 0.717) is 6.07 Å². The Morgan fingerprint density at radius 2 is 1.85 bits per heavy atom. The van der Waals surface area contributed by atoms with E-state index in [-0.39, 0.29) is 0 Å². The van der Waals surface area contributed by atoms with Crippen LogP contribution in [0.5, 0.6) is 5.75 Å². The molecule has 0 fully saturated rings. The quantitative estimate of drug-likeness (QED) is 0.468. The molecule has 1 N–H and O–H groups in total. The number of rotatable bonds is 3. The highest BCUT2D eigenvalue weighted by Gasteiger charge is 2.40. The third-order valence-corrected chi connectivity index (χ3v) is 2.43. The normalized spacial score (nSPS) is 12.3. The lowest BCUT2D eigenvalue weighted by Gasteiger charge is -2.17. The number of alkyl halides is 6. The third-order valence-electron chi connectivity index (χ3n) is 1.87. The molecule has 0 unspecified atom stereocenters. The van der Waals surface area contributed by atoms with Crippen molar-refractivity contribution in [1.29, 1.82) is 0 Å². The van der Waals surface area contributed by atoms with Crippen molar-refractivity contribution in [3.63, 3.8) is 0 Å². The zero-order chi connectivity index (χ0) is 15.7. The second-order valence-corrected chi connectivity index (χ2v) is 4.49. The topological polar surface area (TPSA) is 59.4 Å². The number of ether oxygens (including phenoxy) is 1. The van der Waals surface area contributed by atoms with Crippen LogP contribution in [0.3, 0.4) is 0 Å². The smallest absolute Gasteiger partial charge is 0.481 e. The summed E-state index contributed by atoms with van der Waals surface area (Å²) in [4.78, 5) is 13.6. The number of carboxylic acids is 1. The van der Waals surface area contributed by atoms with Crippen molar-refractivity contribution in [2.45, 2.75) is 19.0 Å². The van der Waals surface area contributed by atoms with Gasteiger partial charge in [0.1, 0.15) is 9.45 Å². The molecule has 1 aromatic heterocycles. The van der Waals surface area contributed by atoms with Gasteiger partial charge in [0, 0.05) is 11.6 Å². The van der Waals surface area contributed by atoms with Gasteiger partial charge in [-0.05, 0) is 22.6 Å². The monoisotopic (exact) mass is 415 g/mol. The zero-order valence-electron chi connectivity index (χ0n) is 9.14. The lowest BCUT2D eigenvalue weighted by atomic mass is 10.1. The van der Waals surface area contributed by atoms with Gasteiger partial charge in [-0.2, -0.15) is 13.2 Å². The standard InChI is InChI=1S/C9H4F6INO3/c10-8(11,12)7-3(1-6(18)19)4(2-5(16)17-7)20-9(13,14)15/h2H,1H2,(H,18,19). The van der Waals surface area contributed by atoms with E-state index in [9.17, 15) is 31.1 Å². The Morgan fingerprint density at radius 1 is 1.30 bits per heavy atom. The molecule has 0 radical (unpaired) electrons. The van der Waals surface area contributed by atoms with Crippen LogP contribution >= 0.6 is 22.6 Å². The molecule has 0 saturated heterocycles. The number of hydrogen-bond donors (Lipinski definition) is 1. The Hall–Kier alpha value is -1.27. The van der Waals surface area contributed by atoms with Crippen LogP contribution in [-0.4, -0.2) is 22.4 Å². The molecule has 0 atom stereocenters. The second-order valence-electron chi connectivity index (χ2n) is 3.39. The summed E-state index contributed by atoms with van der Waals surface area (Å²) in [6.45, 7) is 0. The largest absolute Gasteiger partial charge is 0.573 e. The highest BCUT2D eigenvalue weighted by molar-refractivity contribution is 14.1. The molecule has 4 nitrogen and oxygen atoms in total. The fraction of sp³-hybridized carbons (Fsp3) is 0.333. The van der Waals surface area contributed by atoms with Gasteiger partial charge in [-0.3, -0.25) is 4.79 Å². The lowest BCUT2D eigenvalue weighted by molar-refractivity contribution is -0.275. The summed E-state index contributed by atoms with van der Waals surface area (Å²) < 4.78 is 77.6. The highest BCUT2D eigenvalue weighted by Crippen LogP contribution is 2.37. The van der Waals surface area contributed by atoms with E-state index in [2.05, 4.69) is 9.72 Å². The maximum Gasteiger partial charge on any atom is 0.573 e. The van der Waals surface area contributed by atoms with Crippen LogP contribution < -0.4 is 4.74 Å². The van der Waals surface area contributed by atoms with Crippen LogP contribution in [0.4, 0.5) is 26.3 Å². The molecular formula is C9H4F6INO3. The molecule has 112 valence electrons. The number of hydrogen-bond acceptors (Lipinski definition) is 3. The van der Waals surface area contributed by atoms with Gasteiger partial charge in [0.2, 0.25) is 0 Å². The predicted octanol–water partition coefficient (Wildman–Crippen LogP) is 3.23. The molecule has 0 aliphatic carbocycles. The third kappa shape index (κ3) is 4.68. The first-order chi connectivity index (χ1) is 8.90. The Kier molecular flexibility index (Phi) is 4.71. The molecule has 0 aromatic carbocycles. The molecule has 0 bridgehead atoms. The van der Waals surface area contributed by atoms with E-state index < -0.39 is 45.6 Å². The summed E-state index contributed by atoms with van der Waals surface area (Å²) in [7, 11) is 0. The number of aromatic nitrogens is 1. The van der Waals surface area contributed by atoms with E-state index in [1.165, 1.54) is 22.6 Å². The number of carbonyl (C=O) groups is 1. The molecule has 1 rings (SSSR count). The van der Waals surface area contributed by atoms with Crippen molar-refractivity contribution < 1.29 is 41.0 Å². The minimum atomic E-state index is -5.25. The fourth-order valence-electron chi connectivity index (χ4n) is 1.29. The fourth-order valence-corrected chi connectivity index (χ4v) is 1.81. The summed E-state index contributed by atoms with van der Waals surface area (Å²) >= 11 is 1.27. The number of aliphatic carboxylic acids is 1. The van der Waals surface area contributed by atoms with Gasteiger partial charge < -0.3 is 9.84 Å². The first-order valence-electron chi connectivity index (χ1n) is 4.64. The highest BCUT2D eigenvalue weighted by atomic mass is 127. The summed E-state index contributed by atoms with van der Waals surface area (Å²) in [6.07, 6.45) is -11.7. The summed E-state index contributed by atoms with van der Waals surface area (Å²) in [5, 5.41) is 8.52. The number of pyridine rings is 1. The second kappa shape index (κ2) is 5.61. The maximum absolute atomic E-state index is 12.7. The summed E-state index contributed by atoms with van der Waals surface area (Å²) in [5.41, 5.74) is -2.89. The van der Waals surface area contributed by atoms with E-state index >= 15 is 0 Å². The number of carboxylic acid groups (broad SMARTS) is 1. The Bertz CT molecular complexity index is 528. The SMILES string of the molecule is O=C(O)Cc1c(OC(F)(F)F)cc(I)nc1C(F)(F)F. The minimum Gasteiger partial charge on any atom is -0.481 e. The molecular weight excluding hydrogens is 411 g/mol. The molecule has 1 heterocycles. The van der Waals surface area contributed by atoms with Gasteiger partial charge in [0.15, 0.2) is 5.69 Å². The van der Waals surface area contributed by atoms with Crippen LogP contribution in [0.15, 0.2) is 6.07 Å². The predicted molar refractivity (Wildman–Crippen MR) is 60.0 cm³/mol.